The number of nitrogen functional groups attached to an aromatic ring is 1. The zero-order valence-corrected chi connectivity index (χ0v) is 7.77. The molecule has 0 saturated carbocycles. The van der Waals surface area contributed by atoms with Crippen LogP contribution in [0.3, 0.4) is 0 Å². The third-order valence-electron chi connectivity index (χ3n) is 1.51. The number of hydrogen-bond acceptors (Lipinski definition) is 1. The molecule has 0 bridgehead atoms. The third-order valence-corrected chi connectivity index (χ3v) is 1.96. The summed E-state index contributed by atoms with van der Waals surface area (Å²) in [5.41, 5.74) is 8.14. The van der Waals surface area contributed by atoms with Crippen molar-refractivity contribution in [2.24, 2.45) is 0 Å². The fraction of sp³-hybridized carbons (Fsp3) is 0.111. The van der Waals surface area contributed by atoms with Crippen LogP contribution in [-0.2, 0) is 0 Å². The Labute approximate surface area is 74.7 Å². The Morgan fingerprint density at radius 2 is 2.18 bits per heavy atom. The predicted molar refractivity (Wildman–Crippen MR) is 51.2 cm³/mol. The zero-order valence-electron chi connectivity index (χ0n) is 6.19. The Morgan fingerprint density at radius 1 is 1.55 bits per heavy atom. The minimum Gasteiger partial charge on any atom is -0.398 e. The Bertz CT molecular complexity index is 323. The summed E-state index contributed by atoms with van der Waals surface area (Å²) in [6.07, 6.45) is 5.24. The van der Waals surface area contributed by atoms with Gasteiger partial charge in [0.1, 0.15) is 0 Å². The van der Waals surface area contributed by atoms with Crippen molar-refractivity contribution in [1.29, 1.82) is 0 Å². The van der Waals surface area contributed by atoms with Gasteiger partial charge < -0.3 is 5.73 Å². The van der Waals surface area contributed by atoms with Gasteiger partial charge in [-0.25, -0.2) is 0 Å². The molecule has 1 rings (SSSR count). The van der Waals surface area contributed by atoms with Gasteiger partial charge >= 0.3 is 0 Å². The molecule has 0 radical (unpaired) electrons. The van der Waals surface area contributed by atoms with Gasteiger partial charge in [-0.2, -0.15) is 0 Å². The molecule has 0 fully saturated rings. The van der Waals surface area contributed by atoms with Gasteiger partial charge in [0.05, 0.1) is 5.69 Å². The number of rotatable bonds is 0. The fourth-order valence-corrected chi connectivity index (χ4v) is 1.45. The molecule has 0 amide bonds. The zero-order chi connectivity index (χ0) is 8.43. The number of benzene rings is 1. The largest absolute Gasteiger partial charge is 0.398 e. The van der Waals surface area contributed by atoms with Crippen molar-refractivity contribution in [1.82, 2.24) is 0 Å². The number of nitrogens with two attached hydrogens (primary N) is 1. The number of hydrogen-bond donors (Lipinski definition) is 1. The first-order valence-electron chi connectivity index (χ1n) is 3.17. The second-order valence-corrected chi connectivity index (χ2v) is 3.24. The molecule has 0 spiro atoms. The van der Waals surface area contributed by atoms with Gasteiger partial charge in [0.15, 0.2) is 0 Å². The van der Waals surface area contributed by atoms with E-state index in [9.17, 15) is 0 Å². The quantitative estimate of drug-likeness (QED) is 0.516. The summed E-state index contributed by atoms with van der Waals surface area (Å²) in [5.74, 6) is 2.52. The number of aryl methyl sites for hydroxylation is 1. The lowest BCUT2D eigenvalue weighted by Crippen LogP contribution is -1.93. The lowest BCUT2D eigenvalue weighted by atomic mass is 10.1. The van der Waals surface area contributed by atoms with E-state index < -0.39 is 0 Å². The van der Waals surface area contributed by atoms with Crippen molar-refractivity contribution in [3.8, 4) is 12.3 Å². The van der Waals surface area contributed by atoms with E-state index in [1.165, 1.54) is 0 Å². The standard InChI is InChI=1S/C9H8BrN/c1-3-7-5-8(10)4-6(2)9(7)11/h1,4-5H,11H2,2H3. The summed E-state index contributed by atoms with van der Waals surface area (Å²) in [4.78, 5) is 0. The van der Waals surface area contributed by atoms with Crippen LogP contribution in [0.25, 0.3) is 0 Å². The number of terminal acetylenes is 1. The van der Waals surface area contributed by atoms with Crippen LogP contribution < -0.4 is 5.73 Å². The summed E-state index contributed by atoms with van der Waals surface area (Å²) in [7, 11) is 0. The maximum atomic E-state index is 5.70. The minimum absolute atomic E-state index is 0.690. The van der Waals surface area contributed by atoms with Gasteiger partial charge in [0.25, 0.3) is 0 Å². The Morgan fingerprint density at radius 3 is 2.73 bits per heavy atom. The van der Waals surface area contributed by atoms with Gasteiger partial charge in [-0.1, -0.05) is 21.9 Å². The average molecular weight is 210 g/mol. The van der Waals surface area contributed by atoms with E-state index in [0.717, 1.165) is 15.6 Å². The first-order chi connectivity index (χ1) is 5.15. The highest BCUT2D eigenvalue weighted by atomic mass is 79.9. The Kier molecular flexibility index (Phi) is 2.21. The number of anilines is 1. The van der Waals surface area contributed by atoms with E-state index in [4.69, 9.17) is 12.2 Å². The van der Waals surface area contributed by atoms with Crippen LogP contribution in [0.1, 0.15) is 11.1 Å². The monoisotopic (exact) mass is 209 g/mol. The molecule has 2 heteroatoms. The average Bonchev–Trinajstić information content (AvgIpc) is 1.96. The van der Waals surface area contributed by atoms with Crippen LogP contribution in [-0.4, -0.2) is 0 Å². The number of halogens is 1. The van der Waals surface area contributed by atoms with E-state index in [-0.39, 0.29) is 0 Å². The van der Waals surface area contributed by atoms with Crippen molar-refractivity contribution < 1.29 is 0 Å². The summed E-state index contributed by atoms with van der Waals surface area (Å²) in [5, 5.41) is 0. The van der Waals surface area contributed by atoms with Gasteiger partial charge in [0, 0.05) is 10.0 Å². The van der Waals surface area contributed by atoms with Gasteiger partial charge in [-0.15, -0.1) is 6.42 Å². The van der Waals surface area contributed by atoms with Crippen molar-refractivity contribution in [2.75, 3.05) is 5.73 Å². The van der Waals surface area contributed by atoms with Crippen molar-refractivity contribution in [2.45, 2.75) is 6.92 Å². The third kappa shape index (κ3) is 1.55. The highest BCUT2D eigenvalue weighted by Gasteiger charge is 2.00. The van der Waals surface area contributed by atoms with Crippen LogP contribution in [0.5, 0.6) is 0 Å². The highest BCUT2D eigenvalue weighted by Crippen LogP contribution is 2.21. The molecule has 0 aromatic heterocycles. The van der Waals surface area contributed by atoms with Crippen LogP contribution in [0.15, 0.2) is 16.6 Å². The molecule has 56 valence electrons. The first-order valence-corrected chi connectivity index (χ1v) is 3.96. The van der Waals surface area contributed by atoms with E-state index in [0.29, 0.717) is 5.69 Å². The second kappa shape index (κ2) is 2.98. The first kappa shape index (κ1) is 8.16. The molecule has 0 saturated heterocycles. The highest BCUT2D eigenvalue weighted by molar-refractivity contribution is 9.10. The molecule has 0 heterocycles. The van der Waals surface area contributed by atoms with Gasteiger partial charge in [-0.05, 0) is 24.6 Å². The topological polar surface area (TPSA) is 26.0 Å². The molecule has 0 aliphatic heterocycles. The van der Waals surface area contributed by atoms with Crippen LogP contribution in [0.2, 0.25) is 0 Å². The molecule has 0 aliphatic carbocycles. The molecule has 0 atom stereocenters. The van der Waals surface area contributed by atoms with E-state index >= 15 is 0 Å². The second-order valence-electron chi connectivity index (χ2n) is 2.33. The maximum absolute atomic E-state index is 5.70. The Hall–Kier alpha value is -0.940. The van der Waals surface area contributed by atoms with Crippen molar-refractivity contribution in [3.05, 3.63) is 27.7 Å². The van der Waals surface area contributed by atoms with Gasteiger partial charge in [-0.3, -0.25) is 0 Å². The molecular weight excluding hydrogens is 202 g/mol. The predicted octanol–water partition coefficient (Wildman–Crippen LogP) is 2.32. The summed E-state index contributed by atoms with van der Waals surface area (Å²) < 4.78 is 0.970. The van der Waals surface area contributed by atoms with E-state index in [2.05, 4.69) is 21.9 Å². The van der Waals surface area contributed by atoms with E-state index in [1.807, 2.05) is 19.1 Å². The smallest absolute Gasteiger partial charge is 0.0503 e. The van der Waals surface area contributed by atoms with Crippen LogP contribution >= 0.6 is 15.9 Å². The maximum Gasteiger partial charge on any atom is 0.0503 e. The summed E-state index contributed by atoms with van der Waals surface area (Å²) >= 11 is 3.34. The minimum atomic E-state index is 0.690. The molecule has 1 aromatic rings. The van der Waals surface area contributed by atoms with E-state index in [1.54, 1.807) is 0 Å². The normalized spacial score (nSPS) is 9.18. The van der Waals surface area contributed by atoms with Crippen molar-refractivity contribution >= 4 is 21.6 Å². The molecule has 1 nitrogen and oxygen atoms in total. The Balaban J connectivity index is 3.39. The van der Waals surface area contributed by atoms with Crippen LogP contribution in [0.4, 0.5) is 5.69 Å². The summed E-state index contributed by atoms with van der Waals surface area (Å²) in [6.45, 7) is 1.93. The molecule has 11 heavy (non-hydrogen) atoms. The SMILES string of the molecule is C#Cc1cc(Br)cc(C)c1N. The lowest BCUT2D eigenvalue weighted by Gasteiger charge is -2.02. The summed E-state index contributed by atoms with van der Waals surface area (Å²) in [6, 6.07) is 3.78. The fourth-order valence-electron chi connectivity index (χ4n) is 0.874. The molecular formula is C9H8BrN. The molecule has 2 N–H and O–H groups in total. The molecule has 1 aromatic carbocycles. The van der Waals surface area contributed by atoms with Crippen molar-refractivity contribution in [3.63, 3.8) is 0 Å². The molecule has 0 unspecified atom stereocenters. The van der Waals surface area contributed by atoms with Gasteiger partial charge in [0.2, 0.25) is 0 Å². The van der Waals surface area contributed by atoms with Crippen LogP contribution in [0, 0.1) is 19.3 Å². The molecule has 0 aliphatic rings. The lowest BCUT2D eigenvalue weighted by molar-refractivity contribution is 1.43.